The molecule has 0 aliphatic carbocycles. The molecule has 1 saturated heterocycles. The number of anilines is 3. The lowest BCUT2D eigenvalue weighted by molar-refractivity contribution is 0.157. The highest BCUT2D eigenvalue weighted by atomic mass is 32.2. The number of hydrogen-bond acceptors (Lipinski definition) is 8. The smallest absolute Gasteiger partial charge is 0.242 e. The van der Waals surface area contributed by atoms with E-state index in [9.17, 15) is 12.8 Å². The van der Waals surface area contributed by atoms with Gasteiger partial charge in [0.05, 0.1) is 10.6 Å². The second-order valence-corrected chi connectivity index (χ2v) is 8.06. The van der Waals surface area contributed by atoms with Gasteiger partial charge in [-0.1, -0.05) is 0 Å². The molecule has 1 fully saturated rings. The van der Waals surface area contributed by atoms with E-state index in [-0.39, 0.29) is 34.1 Å². The summed E-state index contributed by atoms with van der Waals surface area (Å²) < 4.78 is 43.0. The maximum Gasteiger partial charge on any atom is 0.242 e. The lowest BCUT2D eigenvalue weighted by Crippen LogP contribution is -2.34. The van der Waals surface area contributed by atoms with Crippen molar-refractivity contribution < 1.29 is 17.5 Å². The van der Waals surface area contributed by atoms with Crippen LogP contribution in [0, 0.1) is 5.82 Å². The molecule has 140 valence electrons. The van der Waals surface area contributed by atoms with E-state index in [1.165, 1.54) is 18.5 Å². The fourth-order valence-corrected chi connectivity index (χ4v) is 3.23. The number of nitrogens with one attached hydrogen (secondary N) is 2. The van der Waals surface area contributed by atoms with Gasteiger partial charge < -0.3 is 21.1 Å². The molecule has 0 bridgehead atoms. The summed E-state index contributed by atoms with van der Waals surface area (Å²) in [4.78, 5) is 7.96. The quantitative estimate of drug-likeness (QED) is 0.712. The number of benzene rings is 1. The van der Waals surface area contributed by atoms with Crippen molar-refractivity contribution in [3.05, 3.63) is 30.3 Å². The molecule has 0 radical (unpaired) electrons. The van der Waals surface area contributed by atoms with Crippen molar-refractivity contribution in [3.8, 4) is 5.88 Å². The zero-order valence-electron chi connectivity index (χ0n) is 14.2. The largest absolute Gasteiger partial charge is 0.473 e. The number of nitrogens with two attached hydrogens (primary N) is 1. The van der Waals surface area contributed by atoms with Crippen molar-refractivity contribution in [3.63, 3.8) is 0 Å². The Balaban J connectivity index is 1.81. The zero-order chi connectivity index (χ0) is 18.7. The summed E-state index contributed by atoms with van der Waals surface area (Å²) in [5.74, 6) is -0.302. The average Bonchev–Trinajstić information content (AvgIpc) is 2.60. The molecule has 4 N–H and O–H groups in total. The Morgan fingerprint density at radius 1 is 1.31 bits per heavy atom. The molecule has 0 atom stereocenters. The van der Waals surface area contributed by atoms with Gasteiger partial charge in [-0.2, -0.15) is 4.98 Å². The molecule has 0 spiro atoms. The number of rotatable bonds is 5. The molecule has 1 aliphatic heterocycles. The number of nitrogen functional groups attached to an aromatic ring is 1. The first-order chi connectivity index (χ1) is 12.3. The Morgan fingerprint density at radius 3 is 2.69 bits per heavy atom. The predicted molar refractivity (Wildman–Crippen MR) is 95.8 cm³/mol. The molecule has 8 nitrogen and oxygen atoms in total. The van der Waals surface area contributed by atoms with Crippen LogP contribution in [0.3, 0.4) is 0 Å². The first-order valence-corrected chi connectivity index (χ1v) is 9.98. The van der Waals surface area contributed by atoms with Gasteiger partial charge in [0.15, 0.2) is 15.7 Å². The van der Waals surface area contributed by atoms with Gasteiger partial charge in [0.25, 0.3) is 0 Å². The molecule has 26 heavy (non-hydrogen) atoms. The van der Waals surface area contributed by atoms with Crippen LogP contribution in [-0.4, -0.2) is 43.8 Å². The van der Waals surface area contributed by atoms with Crippen LogP contribution >= 0.6 is 0 Å². The highest BCUT2D eigenvalue weighted by Gasteiger charge is 2.19. The van der Waals surface area contributed by atoms with Crippen LogP contribution in [0.1, 0.15) is 12.8 Å². The Kier molecular flexibility index (Phi) is 5.23. The topological polar surface area (TPSA) is 119 Å². The van der Waals surface area contributed by atoms with Crippen molar-refractivity contribution in [2.45, 2.75) is 23.8 Å². The van der Waals surface area contributed by atoms with Crippen LogP contribution in [0.25, 0.3) is 0 Å². The summed E-state index contributed by atoms with van der Waals surface area (Å²) in [5, 5.41) is 6.00. The van der Waals surface area contributed by atoms with Crippen LogP contribution < -0.4 is 21.1 Å². The normalized spacial score (nSPS) is 15.6. The van der Waals surface area contributed by atoms with Crippen molar-refractivity contribution >= 4 is 27.0 Å². The standard InChI is InChI=1S/C16H20FN5O3S/c1-26(23,24)11-2-3-13(12(17)8-11)22-15-14(18)16(21-9-20-15)25-10-4-6-19-7-5-10/h2-3,8-10,19H,4-7,18H2,1H3,(H,20,21,22). The Bertz CT molecular complexity index is 901. The zero-order valence-corrected chi connectivity index (χ0v) is 15.0. The Morgan fingerprint density at radius 2 is 2.04 bits per heavy atom. The third kappa shape index (κ3) is 4.20. The van der Waals surface area contributed by atoms with Crippen molar-refractivity contribution in [2.24, 2.45) is 0 Å². The van der Waals surface area contributed by atoms with E-state index in [0.717, 1.165) is 38.3 Å². The fourth-order valence-electron chi connectivity index (χ4n) is 2.60. The monoisotopic (exact) mass is 381 g/mol. The maximum atomic E-state index is 14.2. The molecule has 2 heterocycles. The lowest BCUT2D eigenvalue weighted by atomic mass is 10.1. The minimum atomic E-state index is -3.49. The predicted octanol–water partition coefficient (Wildman–Crippen LogP) is 1.48. The summed E-state index contributed by atoms with van der Waals surface area (Å²) in [5.41, 5.74) is 6.27. The first-order valence-electron chi connectivity index (χ1n) is 8.09. The summed E-state index contributed by atoms with van der Waals surface area (Å²) in [6, 6.07) is 3.58. The molecule has 2 aromatic rings. The molecule has 10 heteroatoms. The number of sulfone groups is 1. The van der Waals surface area contributed by atoms with Crippen LogP contribution in [0.4, 0.5) is 21.6 Å². The van der Waals surface area contributed by atoms with Crippen molar-refractivity contribution in [1.29, 1.82) is 0 Å². The van der Waals surface area contributed by atoms with Gasteiger partial charge in [-0.25, -0.2) is 17.8 Å². The van der Waals surface area contributed by atoms with Gasteiger partial charge in [-0.3, -0.25) is 0 Å². The van der Waals surface area contributed by atoms with Gasteiger partial charge in [-0.15, -0.1) is 0 Å². The number of aromatic nitrogens is 2. The molecule has 1 aromatic carbocycles. The average molecular weight is 381 g/mol. The van der Waals surface area contributed by atoms with E-state index in [4.69, 9.17) is 10.5 Å². The molecule has 0 amide bonds. The van der Waals surface area contributed by atoms with Crippen LogP contribution in [0.15, 0.2) is 29.4 Å². The molecule has 0 unspecified atom stereocenters. The summed E-state index contributed by atoms with van der Waals surface area (Å²) in [6.45, 7) is 1.72. The third-order valence-electron chi connectivity index (χ3n) is 4.03. The second-order valence-electron chi connectivity index (χ2n) is 6.05. The Labute approximate surface area is 150 Å². The lowest BCUT2D eigenvalue weighted by Gasteiger charge is -2.24. The molecule has 0 saturated carbocycles. The van der Waals surface area contributed by atoms with Gasteiger partial charge in [0.2, 0.25) is 5.88 Å². The van der Waals surface area contributed by atoms with E-state index in [2.05, 4.69) is 20.6 Å². The number of hydrogen-bond donors (Lipinski definition) is 3. The molecular weight excluding hydrogens is 361 g/mol. The number of ether oxygens (including phenoxy) is 1. The molecule has 3 rings (SSSR count). The van der Waals surface area contributed by atoms with E-state index in [0.29, 0.717) is 0 Å². The maximum absolute atomic E-state index is 14.2. The summed E-state index contributed by atoms with van der Waals surface area (Å²) in [7, 11) is -3.49. The fraction of sp³-hybridized carbons (Fsp3) is 0.375. The number of halogens is 1. The van der Waals surface area contributed by atoms with E-state index < -0.39 is 15.7 Å². The highest BCUT2D eigenvalue weighted by Crippen LogP contribution is 2.30. The van der Waals surface area contributed by atoms with Gasteiger partial charge in [0.1, 0.15) is 23.9 Å². The highest BCUT2D eigenvalue weighted by molar-refractivity contribution is 7.90. The van der Waals surface area contributed by atoms with Crippen molar-refractivity contribution in [2.75, 3.05) is 30.4 Å². The van der Waals surface area contributed by atoms with Gasteiger partial charge >= 0.3 is 0 Å². The second kappa shape index (κ2) is 7.42. The summed E-state index contributed by atoms with van der Waals surface area (Å²) >= 11 is 0. The van der Waals surface area contributed by atoms with E-state index in [1.54, 1.807) is 0 Å². The van der Waals surface area contributed by atoms with E-state index in [1.807, 2.05) is 0 Å². The van der Waals surface area contributed by atoms with Crippen LogP contribution in [-0.2, 0) is 9.84 Å². The van der Waals surface area contributed by atoms with Crippen LogP contribution in [0.2, 0.25) is 0 Å². The number of nitrogens with zero attached hydrogens (tertiary/aromatic N) is 2. The van der Waals surface area contributed by atoms with E-state index >= 15 is 0 Å². The minimum Gasteiger partial charge on any atom is -0.473 e. The SMILES string of the molecule is CS(=O)(=O)c1ccc(Nc2ncnc(OC3CCNCC3)c2N)c(F)c1. The van der Waals surface area contributed by atoms with Gasteiger partial charge in [-0.05, 0) is 44.1 Å². The number of piperidine rings is 1. The third-order valence-corrected chi connectivity index (χ3v) is 5.14. The van der Waals surface area contributed by atoms with Crippen LogP contribution in [0.5, 0.6) is 5.88 Å². The van der Waals surface area contributed by atoms with Crippen molar-refractivity contribution in [1.82, 2.24) is 15.3 Å². The molecular formula is C16H20FN5O3S. The van der Waals surface area contributed by atoms with Gasteiger partial charge in [0, 0.05) is 6.26 Å². The first kappa shape index (κ1) is 18.3. The summed E-state index contributed by atoms with van der Waals surface area (Å²) in [6.07, 6.45) is 3.98. The minimum absolute atomic E-state index is 0.00656. The molecule has 1 aliphatic rings. The Hall–Kier alpha value is -2.46. The molecule has 1 aromatic heterocycles.